The van der Waals surface area contributed by atoms with E-state index in [1.165, 1.54) is 0 Å². The molecule has 0 aliphatic carbocycles. The van der Waals surface area contributed by atoms with Crippen LogP contribution in [0.5, 0.6) is 0 Å². The molecule has 0 radical (unpaired) electrons. The highest BCUT2D eigenvalue weighted by atomic mass is 32.2. The Bertz CT molecular complexity index is 454. The van der Waals surface area contributed by atoms with Gasteiger partial charge in [0.15, 0.2) is 5.82 Å². The molecule has 0 aliphatic rings. The van der Waals surface area contributed by atoms with E-state index < -0.39 is 0 Å². The zero-order valence-electron chi connectivity index (χ0n) is 9.55. The van der Waals surface area contributed by atoms with Crippen LogP contribution in [0.2, 0.25) is 0 Å². The molecular weight excluding hydrogens is 220 g/mol. The van der Waals surface area contributed by atoms with E-state index in [2.05, 4.69) is 28.6 Å². The van der Waals surface area contributed by atoms with Crippen LogP contribution in [-0.4, -0.2) is 33.2 Å². The summed E-state index contributed by atoms with van der Waals surface area (Å²) in [7, 11) is 0. The highest BCUT2D eigenvalue weighted by Crippen LogP contribution is 2.13. The number of thioether (sulfide) groups is 1. The summed E-state index contributed by atoms with van der Waals surface area (Å²) >= 11 is 1.87. The predicted molar refractivity (Wildman–Crippen MR) is 69.0 cm³/mol. The van der Waals surface area contributed by atoms with Crippen LogP contribution in [0.4, 0.5) is 5.82 Å². The molecule has 0 amide bonds. The standard InChI is InChI=1S/C11H16N4S/c1-9(8-16-2)7-13-11-10-3-4-14-15(10)6-5-12-11/h3-6,9H,7-8H2,1-2H3,(H,12,13). The summed E-state index contributed by atoms with van der Waals surface area (Å²) < 4.78 is 1.83. The minimum atomic E-state index is 0.639. The zero-order valence-corrected chi connectivity index (χ0v) is 10.4. The predicted octanol–water partition coefficient (Wildman–Crippen LogP) is 2.14. The van der Waals surface area contributed by atoms with Gasteiger partial charge in [0.05, 0.1) is 6.20 Å². The Morgan fingerprint density at radius 1 is 1.50 bits per heavy atom. The molecular formula is C11H16N4S. The summed E-state index contributed by atoms with van der Waals surface area (Å²) in [5.41, 5.74) is 1.03. The SMILES string of the molecule is CSCC(C)CNc1nccn2nccc12. The van der Waals surface area contributed by atoms with Crippen LogP contribution in [0, 0.1) is 5.92 Å². The van der Waals surface area contributed by atoms with Gasteiger partial charge in [-0.05, 0) is 24.0 Å². The van der Waals surface area contributed by atoms with E-state index >= 15 is 0 Å². The van der Waals surface area contributed by atoms with Crippen LogP contribution >= 0.6 is 11.8 Å². The average molecular weight is 236 g/mol. The number of nitrogens with zero attached hydrogens (tertiary/aromatic N) is 3. The number of fused-ring (bicyclic) bond motifs is 1. The lowest BCUT2D eigenvalue weighted by atomic mass is 10.2. The Morgan fingerprint density at radius 2 is 2.38 bits per heavy atom. The molecule has 86 valence electrons. The van der Waals surface area contributed by atoms with E-state index in [-0.39, 0.29) is 0 Å². The summed E-state index contributed by atoms with van der Waals surface area (Å²) in [6.45, 7) is 3.18. The molecule has 0 fully saturated rings. The smallest absolute Gasteiger partial charge is 0.152 e. The van der Waals surface area contributed by atoms with Gasteiger partial charge < -0.3 is 5.32 Å². The normalized spacial score (nSPS) is 12.9. The molecule has 2 heterocycles. The first-order valence-corrected chi connectivity index (χ1v) is 6.72. The van der Waals surface area contributed by atoms with E-state index in [1.807, 2.05) is 28.5 Å². The highest BCUT2D eigenvalue weighted by molar-refractivity contribution is 7.98. The molecule has 0 spiro atoms. The molecule has 0 saturated carbocycles. The second-order valence-electron chi connectivity index (χ2n) is 3.88. The van der Waals surface area contributed by atoms with Crippen LogP contribution in [0.15, 0.2) is 24.7 Å². The zero-order chi connectivity index (χ0) is 11.4. The van der Waals surface area contributed by atoms with Crippen molar-refractivity contribution in [3.8, 4) is 0 Å². The van der Waals surface area contributed by atoms with Crippen LogP contribution in [0.3, 0.4) is 0 Å². The Balaban J connectivity index is 2.06. The molecule has 5 heteroatoms. The third-order valence-electron chi connectivity index (χ3n) is 2.39. The molecule has 0 bridgehead atoms. The van der Waals surface area contributed by atoms with Crippen molar-refractivity contribution in [1.82, 2.24) is 14.6 Å². The van der Waals surface area contributed by atoms with E-state index in [1.54, 1.807) is 12.4 Å². The summed E-state index contributed by atoms with van der Waals surface area (Å²) in [4.78, 5) is 4.33. The van der Waals surface area contributed by atoms with Crippen molar-refractivity contribution in [2.45, 2.75) is 6.92 Å². The number of hydrogen-bond donors (Lipinski definition) is 1. The summed E-state index contributed by atoms with van der Waals surface area (Å²) in [6.07, 6.45) is 7.54. The van der Waals surface area contributed by atoms with Gasteiger partial charge >= 0.3 is 0 Å². The second kappa shape index (κ2) is 5.21. The molecule has 1 N–H and O–H groups in total. The molecule has 2 aromatic heterocycles. The van der Waals surface area contributed by atoms with Gasteiger partial charge in [0, 0.05) is 18.9 Å². The highest BCUT2D eigenvalue weighted by Gasteiger charge is 2.05. The minimum Gasteiger partial charge on any atom is -0.368 e. The lowest BCUT2D eigenvalue weighted by Crippen LogP contribution is -2.14. The fraction of sp³-hybridized carbons (Fsp3) is 0.455. The quantitative estimate of drug-likeness (QED) is 0.863. The number of hydrogen-bond acceptors (Lipinski definition) is 4. The molecule has 0 aliphatic heterocycles. The van der Waals surface area contributed by atoms with E-state index in [0.717, 1.165) is 23.6 Å². The molecule has 4 nitrogen and oxygen atoms in total. The number of anilines is 1. The fourth-order valence-corrected chi connectivity index (χ4v) is 2.30. The van der Waals surface area contributed by atoms with Crippen molar-refractivity contribution in [2.24, 2.45) is 5.92 Å². The fourth-order valence-electron chi connectivity index (χ4n) is 1.61. The molecule has 1 atom stereocenters. The van der Waals surface area contributed by atoms with Crippen molar-refractivity contribution < 1.29 is 0 Å². The molecule has 16 heavy (non-hydrogen) atoms. The van der Waals surface area contributed by atoms with Crippen LogP contribution in [0.1, 0.15) is 6.92 Å². The van der Waals surface area contributed by atoms with Gasteiger partial charge in [-0.15, -0.1) is 0 Å². The Kier molecular flexibility index (Phi) is 3.66. The van der Waals surface area contributed by atoms with Gasteiger partial charge in [0.2, 0.25) is 0 Å². The van der Waals surface area contributed by atoms with Gasteiger partial charge in [0.25, 0.3) is 0 Å². The van der Waals surface area contributed by atoms with Crippen LogP contribution in [-0.2, 0) is 0 Å². The lowest BCUT2D eigenvalue weighted by molar-refractivity contribution is 0.699. The minimum absolute atomic E-state index is 0.639. The molecule has 0 aromatic carbocycles. The largest absolute Gasteiger partial charge is 0.368 e. The molecule has 2 aromatic rings. The third kappa shape index (κ3) is 2.47. The molecule has 2 rings (SSSR count). The lowest BCUT2D eigenvalue weighted by Gasteiger charge is -2.12. The summed E-state index contributed by atoms with van der Waals surface area (Å²) in [5, 5.41) is 7.55. The van der Waals surface area contributed by atoms with Gasteiger partial charge in [-0.25, -0.2) is 9.50 Å². The first kappa shape index (κ1) is 11.3. The maximum atomic E-state index is 4.33. The van der Waals surface area contributed by atoms with Crippen molar-refractivity contribution in [2.75, 3.05) is 23.9 Å². The Hall–Kier alpha value is -1.23. The molecule has 0 saturated heterocycles. The maximum Gasteiger partial charge on any atom is 0.152 e. The van der Waals surface area contributed by atoms with Gasteiger partial charge in [-0.2, -0.15) is 16.9 Å². The Morgan fingerprint density at radius 3 is 3.19 bits per heavy atom. The number of nitrogens with one attached hydrogen (secondary N) is 1. The second-order valence-corrected chi connectivity index (χ2v) is 4.79. The summed E-state index contributed by atoms with van der Waals surface area (Å²) in [5.74, 6) is 2.71. The van der Waals surface area contributed by atoms with Gasteiger partial charge in [-0.1, -0.05) is 6.92 Å². The number of rotatable bonds is 5. The summed E-state index contributed by atoms with van der Waals surface area (Å²) in [6, 6.07) is 1.97. The van der Waals surface area contributed by atoms with E-state index in [4.69, 9.17) is 0 Å². The first-order valence-electron chi connectivity index (χ1n) is 5.32. The maximum absolute atomic E-state index is 4.33. The monoisotopic (exact) mass is 236 g/mol. The van der Waals surface area contributed by atoms with Crippen molar-refractivity contribution >= 4 is 23.1 Å². The topological polar surface area (TPSA) is 42.2 Å². The number of aromatic nitrogens is 3. The first-order chi connectivity index (χ1) is 7.81. The van der Waals surface area contributed by atoms with Crippen molar-refractivity contribution in [3.63, 3.8) is 0 Å². The van der Waals surface area contributed by atoms with Crippen molar-refractivity contribution in [3.05, 3.63) is 24.7 Å². The van der Waals surface area contributed by atoms with Crippen LogP contribution in [0.25, 0.3) is 5.52 Å². The van der Waals surface area contributed by atoms with E-state index in [0.29, 0.717) is 5.92 Å². The van der Waals surface area contributed by atoms with Gasteiger partial charge in [0.1, 0.15) is 5.52 Å². The molecule has 1 unspecified atom stereocenters. The average Bonchev–Trinajstić information content (AvgIpc) is 2.75. The third-order valence-corrected chi connectivity index (χ3v) is 3.30. The van der Waals surface area contributed by atoms with Gasteiger partial charge in [-0.3, -0.25) is 0 Å². The Labute approximate surface area is 99.5 Å². The van der Waals surface area contributed by atoms with Crippen molar-refractivity contribution in [1.29, 1.82) is 0 Å². The van der Waals surface area contributed by atoms with E-state index in [9.17, 15) is 0 Å². The van der Waals surface area contributed by atoms with Crippen LogP contribution < -0.4 is 5.32 Å².